The summed E-state index contributed by atoms with van der Waals surface area (Å²) in [6.07, 6.45) is -3.88. The molecule has 0 fully saturated rings. The molecule has 0 bridgehead atoms. The van der Waals surface area contributed by atoms with Gasteiger partial charge in [0.05, 0.1) is 5.56 Å². The molecule has 0 aliphatic carbocycles. The van der Waals surface area contributed by atoms with Crippen LogP contribution in [0.1, 0.15) is 30.5 Å². The highest BCUT2D eigenvalue weighted by Gasteiger charge is 2.34. The maximum atomic E-state index is 12.6. The Morgan fingerprint density at radius 1 is 1.40 bits per heavy atom. The molecular weight excluding hydrogens is 271 g/mol. The van der Waals surface area contributed by atoms with E-state index >= 15 is 0 Å². The fourth-order valence-electron chi connectivity index (χ4n) is 1.32. The molecule has 2 N–H and O–H groups in total. The van der Waals surface area contributed by atoms with E-state index in [1.54, 1.807) is 13.0 Å². The second-order valence-corrected chi connectivity index (χ2v) is 4.16. The van der Waals surface area contributed by atoms with Crippen molar-refractivity contribution in [2.24, 2.45) is 5.73 Å². The first-order chi connectivity index (χ1) is 6.86. The van der Waals surface area contributed by atoms with E-state index in [9.17, 15) is 13.2 Å². The molecule has 1 nitrogen and oxygen atoms in total. The molecule has 0 radical (unpaired) electrons. The van der Waals surface area contributed by atoms with Crippen LogP contribution in [-0.4, -0.2) is 0 Å². The van der Waals surface area contributed by atoms with Crippen molar-refractivity contribution in [1.82, 2.24) is 0 Å². The molecule has 15 heavy (non-hydrogen) atoms. The molecule has 0 aliphatic heterocycles. The summed E-state index contributed by atoms with van der Waals surface area (Å²) in [4.78, 5) is 0. The Kier molecular flexibility index (Phi) is 3.78. The summed E-state index contributed by atoms with van der Waals surface area (Å²) in [5.41, 5.74) is 5.11. The van der Waals surface area contributed by atoms with E-state index in [2.05, 4.69) is 15.9 Å². The molecule has 0 saturated carbocycles. The molecule has 1 aromatic rings. The number of alkyl halides is 3. The van der Waals surface area contributed by atoms with Gasteiger partial charge < -0.3 is 5.73 Å². The number of nitrogens with two attached hydrogens (primary N) is 1. The van der Waals surface area contributed by atoms with Gasteiger partial charge >= 0.3 is 6.18 Å². The Bertz CT molecular complexity index is 349. The summed E-state index contributed by atoms with van der Waals surface area (Å²) in [7, 11) is 0. The van der Waals surface area contributed by atoms with Crippen LogP contribution in [0.25, 0.3) is 0 Å². The molecule has 84 valence electrons. The van der Waals surface area contributed by atoms with E-state index in [4.69, 9.17) is 5.73 Å². The summed E-state index contributed by atoms with van der Waals surface area (Å²) in [6.45, 7) is 1.76. The number of hydrogen-bond donors (Lipinski definition) is 1. The van der Waals surface area contributed by atoms with Crippen molar-refractivity contribution in [2.75, 3.05) is 0 Å². The highest BCUT2D eigenvalue weighted by Crippen LogP contribution is 2.36. The van der Waals surface area contributed by atoms with Crippen molar-refractivity contribution in [1.29, 1.82) is 0 Å². The largest absolute Gasteiger partial charge is 0.416 e. The van der Waals surface area contributed by atoms with Gasteiger partial charge in [-0.05, 0) is 24.1 Å². The molecule has 0 spiro atoms. The topological polar surface area (TPSA) is 26.0 Å². The van der Waals surface area contributed by atoms with E-state index in [-0.39, 0.29) is 5.56 Å². The minimum Gasteiger partial charge on any atom is -0.324 e. The highest BCUT2D eigenvalue weighted by molar-refractivity contribution is 9.10. The fraction of sp³-hybridized carbons (Fsp3) is 0.400. The summed E-state index contributed by atoms with van der Waals surface area (Å²) in [6, 6.07) is 3.47. The molecule has 0 amide bonds. The van der Waals surface area contributed by atoms with Crippen molar-refractivity contribution in [3.63, 3.8) is 0 Å². The van der Waals surface area contributed by atoms with Gasteiger partial charge in [-0.25, -0.2) is 0 Å². The summed E-state index contributed by atoms with van der Waals surface area (Å²) >= 11 is 3.02. The number of halogens is 4. The van der Waals surface area contributed by atoms with Gasteiger partial charge in [-0.1, -0.05) is 28.9 Å². The summed E-state index contributed by atoms with van der Waals surface area (Å²) in [5.74, 6) is 0. The zero-order chi connectivity index (χ0) is 11.6. The van der Waals surface area contributed by atoms with Crippen LogP contribution < -0.4 is 5.73 Å². The van der Waals surface area contributed by atoms with Crippen LogP contribution in [0.5, 0.6) is 0 Å². The lowest BCUT2D eigenvalue weighted by Gasteiger charge is -2.17. The van der Waals surface area contributed by atoms with Crippen LogP contribution in [0.3, 0.4) is 0 Å². The van der Waals surface area contributed by atoms with Gasteiger partial charge in [0.2, 0.25) is 0 Å². The van der Waals surface area contributed by atoms with E-state index in [0.717, 1.165) is 6.07 Å². The highest BCUT2D eigenvalue weighted by atomic mass is 79.9. The van der Waals surface area contributed by atoms with Gasteiger partial charge in [0.1, 0.15) is 0 Å². The Balaban J connectivity index is 3.27. The molecule has 5 heteroatoms. The lowest BCUT2D eigenvalue weighted by atomic mass is 9.99. The van der Waals surface area contributed by atoms with Crippen LogP contribution in [0.2, 0.25) is 0 Å². The minimum atomic E-state index is -4.36. The predicted molar refractivity (Wildman–Crippen MR) is 56.4 cm³/mol. The quantitative estimate of drug-likeness (QED) is 0.875. The van der Waals surface area contributed by atoms with Gasteiger partial charge in [-0.3, -0.25) is 0 Å². The summed E-state index contributed by atoms with van der Waals surface area (Å²) in [5, 5.41) is 0. The lowest BCUT2D eigenvalue weighted by Crippen LogP contribution is -2.16. The molecule has 0 aromatic heterocycles. The monoisotopic (exact) mass is 281 g/mol. The van der Waals surface area contributed by atoms with E-state index in [1.165, 1.54) is 6.07 Å². The second-order valence-electron chi connectivity index (χ2n) is 3.24. The van der Waals surface area contributed by atoms with Crippen LogP contribution in [0.15, 0.2) is 22.7 Å². The van der Waals surface area contributed by atoms with Gasteiger partial charge in [0.15, 0.2) is 0 Å². The Labute approximate surface area is 94.6 Å². The van der Waals surface area contributed by atoms with Crippen molar-refractivity contribution in [3.8, 4) is 0 Å². The molecule has 1 atom stereocenters. The van der Waals surface area contributed by atoms with E-state index in [0.29, 0.717) is 10.9 Å². The Morgan fingerprint density at radius 2 is 2.00 bits per heavy atom. The van der Waals surface area contributed by atoms with Crippen molar-refractivity contribution in [3.05, 3.63) is 33.8 Å². The van der Waals surface area contributed by atoms with Crippen molar-refractivity contribution < 1.29 is 13.2 Å². The Hall–Kier alpha value is -0.550. The van der Waals surface area contributed by atoms with Crippen molar-refractivity contribution >= 4 is 15.9 Å². The first-order valence-corrected chi connectivity index (χ1v) is 5.27. The molecule has 1 aromatic carbocycles. The van der Waals surface area contributed by atoms with Crippen LogP contribution in [0.4, 0.5) is 13.2 Å². The van der Waals surface area contributed by atoms with E-state index in [1.807, 2.05) is 0 Å². The molecule has 1 unspecified atom stereocenters. The average molecular weight is 282 g/mol. The third kappa shape index (κ3) is 2.95. The molecular formula is C10H11BrF3N. The second kappa shape index (κ2) is 4.53. The number of hydrogen-bond acceptors (Lipinski definition) is 1. The normalized spacial score (nSPS) is 14.0. The standard InChI is InChI=1S/C10H11BrF3N/c1-2-9(15)7-4-3-6(11)5-8(7)10(12,13)14/h3-5,9H,2,15H2,1H3. The molecule has 0 aliphatic rings. The molecule has 0 saturated heterocycles. The maximum absolute atomic E-state index is 12.6. The average Bonchev–Trinajstić information content (AvgIpc) is 2.15. The predicted octanol–water partition coefficient (Wildman–Crippen LogP) is 3.88. The summed E-state index contributed by atoms with van der Waals surface area (Å²) < 4.78 is 38.4. The Morgan fingerprint density at radius 3 is 2.47 bits per heavy atom. The van der Waals surface area contributed by atoms with Crippen LogP contribution >= 0.6 is 15.9 Å². The zero-order valence-electron chi connectivity index (χ0n) is 8.11. The third-order valence-electron chi connectivity index (χ3n) is 2.16. The number of rotatable bonds is 2. The van der Waals surface area contributed by atoms with Gasteiger partial charge in [-0.2, -0.15) is 13.2 Å². The van der Waals surface area contributed by atoms with Gasteiger partial charge in [0, 0.05) is 10.5 Å². The maximum Gasteiger partial charge on any atom is 0.416 e. The number of benzene rings is 1. The minimum absolute atomic E-state index is 0.146. The first-order valence-electron chi connectivity index (χ1n) is 4.48. The van der Waals surface area contributed by atoms with Crippen molar-refractivity contribution in [2.45, 2.75) is 25.6 Å². The lowest BCUT2D eigenvalue weighted by molar-refractivity contribution is -0.138. The zero-order valence-corrected chi connectivity index (χ0v) is 9.69. The SMILES string of the molecule is CCC(N)c1ccc(Br)cc1C(F)(F)F. The fourth-order valence-corrected chi connectivity index (χ4v) is 1.68. The van der Waals surface area contributed by atoms with Gasteiger partial charge in [-0.15, -0.1) is 0 Å². The van der Waals surface area contributed by atoms with E-state index < -0.39 is 17.8 Å². The molecule has 0 heterocycles. The molecule has 1 rings (SSSR count). The van der Waals surface area contributed by atoms with Crippen LogP contribution in [-0.2, 0) is 6.18 Å². The van der Waals surface area contributed by atoms with Gasteiger partial charge in [0.25, 0.3) is 0 Å². The van der Waals surface area contributed by atoms with Crippen LogP contribution in [0, 0.1) is 0 Å². The smallest absolute Gasteiger partial charge is 0.324 e. The third-order valence-corrected chi connectivity index (χ3v) is 2.65. The first kappa shape index (κ1) is 12.5.